The molecule has 0 saturated heterocycles. The first-order valence-electron chi connectivity index (χ1n) is 7.77. The number of aliphatic imine (C=N–C) groups is 1. The van der Waals surface area contributed by atoms with Crippen molar-refractivity contribution < 1.29 is 0 Å². The maximum absolute atomic E-state index is 6.04. The first kappa shape index (κ1) is 14.5. The van der Waals surface area contributed by atoms with Gasteiger partial charge in [-0.3, -0.25) is 0 Å². The van der Waals surface area contributed by atoms with Gasteiger partial charge in [-0.25, -0.2) is 4.99 Å². The number of hydrogen-bond donors (Lipinski definition) is 1. The number of fused-ring (bicyclic) bond motifs is 2. The van der Waals surface area contributed by atoms with Crippen molar-refractivity contribution >= 4 is 23.5 Å². The fraction of sp³-hybridized carbons (Fsp3) is 0.278. The van der Waals surface area contributed by atoms with Crippen molar-refractivity contribution in [3.05, 3.63) is 65.0 Å². The zero-order chi connectivity index (χ0) is 16.0. The Kier molecular flexibility index (Phi) is 3.32. The predicted octanol–water partition coefficient (Wildman–Crippen LogP) is 3.84. The summed E-state index contributed by atoms with van der Waals surface area (Å²) in [5, 5.41) is 4.37. The van der Waals surface area contributed by atoms with E-state index in [9.17, 15) is 0 Å². The van der Waals surface area contributed by atoms with Gasteiger partial charge in [-0.1, -0.05) is 11.6 Å². The Bertz CT molecular complexity index is 756. The first-order chi connectivity index (χ1) is 11.0. The smallest absolute Gasteiger partial charge is 0.153 e. The van der Waals surface area contributed by atoms with Crippen LogP contribution in [0.2, 0.25) is 5.02 Å². The zero-order valence-electron chi connectivity index (χ0n) is 13.3. The Morgan fingerprint density at radius 3 is 2.70 bits per heavy atom. The SMILES string of the molecule is CC1(C)CC2=C(CN1)N(c1ccc(Cl)cc1)C=C1N=CC=CN12. The molecule has 3 aliphatic rings. The highest BCUT2D eigenvalue weighted by Crippen LogP contribution is 2.38. The molecule has 4 nitrogen and oxygen atoms in total. The molecule has 0 atom stereocenters. The molecule has 5 heteroatoms. The van der Waals surface area contributed by atoms with E-state index >= 15 is 0 Å². The second-order valence-electron chi connectivity index (χ2n) is 6.63. The second kappa shape index (κ2) is 5.25. The van der Waals surface area contributed by atoms with Crippen LogP contribution in [0.1, 0.15) is 20.3 Å². The summed E-state index contributed by atoms with van der Waals surface area (Å²) < 4.78 is 0. The van der Waals surface area contributed by atoms with Crippen molar-refractivity contribution in [2.75, 3.05) is 11.4 Å². The number of halogens is 1. The van der Waals surface area contributed by atoms with Gasteiger partial charge in [-0.15, -0.1) is 0 Å². The van der Waals surface area contributed by atoms with Gasteiger partial charge in [-0.05, 0) is 44.2 Å². The summed E-state index contributed by atoms with van der Waals surface area (Å²) in [5.41, 5.74) is 3.73. The van der Waals surface area contributed by atoms with Gasteiger partial charge in [0.25, 0.3) is 0 Å². The number of nitrogens with zero attached hydrogens (tertiary/aromatic N) is 3. The summed E-state index contributed by atoms with van der Waals surface area (Å²) in [6.07, 6.45) is 8.94. The standard InChI is InChI=1S/C18H19ClN4/c1-18(2)10-15-16(11-21-18)23(14-6-4-13(19)5-7-14)12-17-20-8-3-9-22(15)17/h3-9,12,21H,10-11H2,1-2H3. The van der Waals surface area contributed by atoms with Gasteiger partial charge in [0.15, 0.2) is 5.82 Å². The molecule has 1 N–H and O–H groups in total. The highest BCUT2D eigenvalue weighted by Gasteiger charge is 2.35. The van der Waals surface area contributed by atoms with Gasteiger partial charge in [0.05, 0.1) is 11.9 Å². The normalized spacial score (nSPS) is 22.0. The van der Waals surface area contributed by atoms with Gasteiger partial charge in [0, 0.05) is 47.3 Å². The van der Waals surface area contributed by atoms with Crippen molar-refractivity contribution in [3.63, 3.8) is 0 Å². The summed E-state index contributed by atoms with van der Waals surface area (Å²) >= 11 is 6.04. The number of rotatable bonds is 1. The van der Waals surface area contributed by atoms with Gasteiger partial charge in [0.2, 0.25) is 0 Å². The van der Waals surface area contributed by atoms with E-state index in [0.29, 0.717) is 0 Å². The third kappa shape index (κ3) is 2.58. The van der Waals surface area contributed by atoms with Crippen LogP contribution in [0.5, 0.6) is 0 Å². The number of anilines is 1. The van der Waals surface area contributed by atoms with Crippen LogP contribution in [0.15, 0.2) is 64.9 Å². The molecule has 118 valence electrons. The average Bonchev–Trinajstić information content (AvgIpc) is 2.54. The average molecular weight is 327 g/mol. The molecule has 0 radical (unpaired) electrons. The van der Waals surface area contributed by atoms with Gasteiger partial charge in [0.1, 0.15) is 0 Å². The molecule has 1 aromatic carbocycles. The number of nitrogens with one attached hydrogen (secondary N) is 1. The summed E-state index contributed by atoms with van der Waals surface area (Å²) in [5.74, 6) is 0.943. The number of allylic oxidation sites excluding steroid dienone is 1. The lowest BCUT2D eigenvalue weighted by molar-refractivity contribution is 0.332. The van der Waals surface area contributed by atoms with E-state index in [1.165, 1.54) is 11.4 Å². The van der Waals surface area contributed by atoms with E-state index in [0.717, 1.165) is 29.5 Å². The predicted molar refractivity (Wildman–Crippen MR) is 95.2 cm³/mol. The minimum Gasteiger partial charge on any atom is -0.314 e. The van der Waals surface area contributed by atoms with Crippen LogP contribution in [0.3, 0.4) is 0 Å². The van der Waals surface area contributed by atoms with Crippen molar-refractivity contribution in [2.45, 2.75) is 25.8 Å². The molecule has 3 aliphatic heterocycles. The molecule has 0 aromatic heterocycles. The minimum absolute atomic E-state index is 0.0714. The molecule has 0 aliphatic carbocycles. The molecule has 0 bridgehead atoms. The fourth-order valence-electron chi connectivity index (χ4n) is 3.19. The Balaban J connectivity index is 1.82. The molecule has 23 heavy (non-hydrogen) atoms. The van der Waals surface area contributed by atoms with Crippen molar-refractivity contribution in [1.82, 2.24) is 10.2 Å². The monoisotopic (exact) mass is 326 g/mol. The summed E-state index contributed by atoms with van der Waals surface area (Å²) in [4.78, 5) is 8.95. The van der Waals surface area contributed by atoms with E-state index in [1.807, 2.05) is 36.6 Å². The highest BCUT2D eigenvalue weighted by atomic mass is 35.5. The van der Waals surface area contributed by atoms with Gasteiger partial charge >= 0.3 is 0 Å². The Morgan fingerprint density at radius 1 is 1.13 bits per heavy atom. The fourth-order valence-corrected chi connectivity index (χ4v) is 3.31. The molecule has 4 rings (SSSR count). The summed E-state index contributed by atoms with van der Waals surface area (Å²) in [6.45, 7) is 5.29. The van der Waals surface area contributed by atoms with Crippen LogP contribution in [-0.2, 0) is 0 Å². The number of benzene rings is 1. The maximum Gasteiger partial charge on any atom is 0.153 e. The molecule has 1 aromatic rings. The van der Waals surface area contributed by atoms with Crippen molar-refractivity contribution in [3.8, 4) is 0 Å². The number of hydrogen-bond acceptors (Lipinski definition) is 4. The van der Waals surface area contributed by atoms with Gasteiger partial charge < -0.3 is 15.1 Å². The summed E-state index contributed by atoms with van der Waals surface area (Å²) in [6, 6.07) is 7.93. The maximum atomic E-state index is 6.04. The molecule has 0 saturated carbocycles. The van der Waals surface area contributed by atoms with Crippen LogP contribution in [0.25, 0.3) is 0 Å². The van der Waals surface area contributed by atoms with Crippen LogP contribution >= 0.6 is 11.6 Å². The van der Waals surface area contributed by atoms with E-state index in [1.54, 1.807) is 0 Å². The third-order valence-electron chi connectivity index (χ3n) is 4.38. The Labute approximate surface area is 141 Å². The third-order valence-corrected chi connectivity index (χ3v) is 4.63. The molecule has 3 heterocycles. The highest BCUT2D eigenvalue weighted by molar-refractivity contribution is 6.30. The summed E-state index contributed by atoms with van der Waals surface area (Å²) in [7, 11) is 0. The van der Waals surface area contributed by atoms with Crippen LogP contribution < -0.4 is 10.2 Å². The molecular weight excluding hydrogens is 308 g/mol. The van der Waals surface area contributed by atoms with Crippen molar-refractivity contribution in [2.24, 2.45) is 4.99 Å². The first-order valence-corrected chi connectivity index (χ1v) is 8.15. The Morgan fingerprint density at radius 2 is 1.91 bits per heavy atom. The quantitative estimate of drug-likeness (QED) is 0.850. The molecular formula is C18H19ClN4. The van der Waals surface area contributed by atoms with Crippen molar-refractivity contribution in [1.29, 1.82) is 0 Å². The molecule has 0 amide bonds. The zero-order valence-corrected chi connectivity index (χ0v) is 14.0. The molecule has 0 spiro atoms. The Hall–Kier alpha value is -2.04. The minimum atomic E-state index is 0.0714. The van der Waals surface area contributed by atoms with Crippen LogP contribution in [0, 0.1) is 0 Å². The van der Waals surface area contributed by atoms with E-state index in [2.05, 4.69) is 46.4 Å². The van der Waals surface area contributed by atoms with Crippen LogP contribution in [-0.4, -0.2) is 23.2 Å². The second-order valence-corrected chi connectivity index (χ2v) is 7.07. The lowest BCUT2D eigenvalue weighted by Crippen LogP contribution is -2.50. The van der Waals surface area contributed by atoms with E-state index in [-0.39, 0.29) is 5.54 Å². The molecule has 0 fully saturated rings. The lowest BCUT2D eigenvalue weighted by Gasteiger charge is -2.44. The van der Waals surface area contributed by atoms with Gasteiger partial charge in [-0.2, -0.15) is 0 Å². The molecule has 0 unspecified atom stereocenters. The lowest BCUT2D eigenvalue weighted by atomic mass is 9.91. The topological polar surface area (TPSA) is 30.9 Å². The van der Waals surface area contributed by atoms with Crippen LogP contribution in [0.4, 0.5) is 5.69 Å². The van der Waals surface area contributed by atoms with E-state index < -0.39 is 0 Å². The largest absolute Gasteiger partial charge is 0.314 e. The van der Waals surface area contributed by atoms with E-state index in [4.69, 9.17) is 11.6 Å².